The predicted molar refractivity (Wildman–Crippen MR) is 76.1 cm³/mol. The monoisotopic (exact) mass is 275 g/mol. The molecule has 0 aliphatic carbocycles. The zero-order valence-electron chi connectivity index (χ0n) is 12.7. The van der Waals surface area contributed by atoms with Gasteiger partial charge in [0.25, 0.3) is 0 Å². The first kappa shape index (κ1) is 18.3. The second-order valence-corrected chi connectivity index (χ2v) is 4.73. The maximum Gasteiger partial charge on any atom is 0.236 e. The molecule has 0 aromatic heterocycles. The van der Waals surface area contributed by atoms with Crippen molar-refractivity contribution in [3.63, 3.8) is 0 Å². The van der Waals surface area contributed by atoms with E-state index in [4.69, 9.17) is 15.2 Å². The third-order valence-corrected chi connectivity index (χ3v) is 3.08. The van der Waals surface area contributed by atoms with Crippen LogP contribution in [0.1, 0.15) is 13.3 Å². The highest BCUT2D eigenvalue weighted by atomic mass is 16.5. The van der Waals surface area contributed by atoms with Crippen LogP contribution in [0.2, 0.25) is 0 Å². The van der Waals surface area contributed by atoms with Crippen molar-refractivity contribution in [2.45, 2.75) is 19.4 Å². The van der Waals surface area contributed by atoms with Crippen LogP contribution in [0.4, 0.5) is 0 Å². The minimum atomic E-state index is 0.104. The van der Waals surface area contributed by atoms with Crippen LogP contribution in [-0.2, 0) is 14.3 Å². The van der Waals surface area contributed by atoms with Gasteiger partial charge in [-0.2, -0.15) is 0 Å². The zero-order valence-corrected chi connectivity index (χ0v) is 12.7. The van der Waals surface area contributed by atoms with Gasteiger partial charge in [-0.15, -0.1) is 0 Å². The Hall–Kier alpha value is -0.690. The maximum absolute atomic E-state index is 12.1. The van der Waals surface area contributed by atoms with Crippen LogP contribution in [0.3, 0.4) is 0 Å². The summed E-state index contributed by atoms with van der Waals surface area (Å²) in [5, 5.41) is 0. The van der Waals surface area contributed by atoms with Crippen molar-refractivity contribution in [1.29, 1.82) is 0 Å². The molecule has 0 fully saturated rings. The third kappa shape index (κ3) is 8.15. The van der Waals surface area contributed by atoms with E-state index in [-0.39, 0.29) is 11.9 Å². The van der Waals surface area contributed by atoms with Crippen molar-refractivity contribution in [1.82, 2.24) is 9.80 Å². The highest BCUT2D eigenvalue weighted by Gasteiger charge is 2.19. The number of rotatable bonds is 11. The van der Waals surface area contributed by atoms with Crippen LogP contribution in [0.25, 0.3) is 0 Å². The highest BCUT2D eigenvalue weighted by molar-refractivity contribution is 5.78. The largest absolute Gasteiger partial charge is 0.383 e. The lowest BCUT2D eigenvalue weighted by Gasteiger charge is -2.29. The summed E-state index contributed by atoms with van der Waals surface area (Å²) in [6, 6.07) is 0.187. The summed E-state index contributed by atoms with van der Waals surface area (Å²) in [4.78, 5) is 15.9. The van der Waals surface area contributed by atoms with Crippen molar-refractivity contribution in [3.8, 4) is 0 Å². The van der Waals surface area contributed by atoms with Gasteiger partial charge in [-0.3, -0.25) is 9.69 Å². The van der Waals surface area contributed by atoms with Gasteiger partial charge in [0.05, 0.1) is 19.8 Å². The average Bonchev–Trinajstić information content (AvgIpc) is 2.40. The fraction of sp³-hybridized carbons (Fsp3) is 0.923. The molecule has 1 unspecified atom stereocenters. The molecule has 1 atom stereocenters. The van der Waals surface area contributed by atoms with E-state index in [0.717, 1.165) is 13.0 Å². The smallest absolute Gasteiger partial charge is 0.236 e. The number of hydrogen-bond donors (Lipinski definition) is 1. The first-order valence-electron chi connectivity index (χ1n) is 6.72. The Morgan fingerprint density at radius 2 is 1.95 bits per heavy atom. The number of likely N-dealkylation sites (N-methyl/N-ethyl adjacent to an activating group) is 1. The first-order valence-corrected chi connectivity index (χ1v) is 6.72. The minimum absolute atomic E-state index is 0.104. The summed E-state index contributed by atoms with van der Waals surface area (Å²) in [7, 11) is 5.14. The molecule has 0 saturated heterocycles. The van der Waals surface area contributed by atoms with E-state index in [9.17, 15) is 4.79 Å². The minimum Gasteiger partial charge on any atom is -0.383 e. The van der Waals surface area contributed by atoms with Crippen molar-refractivity contribution >= 4 is 5.91 Å². The quantitative estimate of drug-likeness (QED) is 0.564. The van der Waals surface area contributed by atoms with Crippen LogP contribution in [-0.4, -0.2) is 82.4 Å². The van der Waals surface area contributed by atoms with E-state index in [2.05, 4.69) is 4.90 Å². The maximum atomic E-state index is 12.1. The molecule has 19 heavy (non-hydrogen) atoms. The number of carbonyl (C=O) groups is 1. The summed E-state index contributed by atoms with van der Waals surface area (Å²) < 4.78 is 10.2. The standard InChI is InChI=1S/C13H29N3O3/c1-12(11-19-4)16(8-9-18-3)10-13(17)15(2)7-5-6-14/h12H,5-11,14H2,1-4H3. The van der Waals surface area contributed by atoms with Gasteiger partial charge in [0.1, 0.15) is 0 Å². The van der Waals surface area contributed by atoms with Crippen LogP contribution in [0.5, 0.6) is 0 Å². The molecule has 0 aromatic carbocycles. The Bertz CT molecular complexity index is 239. The number of amides is 1. The Morgan fingerprint density at radius 1 is 1.26 bits per heavy atom. The lowest BCUT2D eigenvalue weighted by molar-refractivity contribution is -0.132. The molecule has 0 heterocycles. The molecule has 6 nitrogen and oxygen atoms in total. The molecule has 1 amide bonds. The van der Waals surface area contributed by atoms with Crippen LogP contribution >= 0.6 is 0 Å². The second-order valence-electron chi connectivity index (χ2n) is 4.73. The van der Waals surface area contributed by atoms with E-state index >= 15 is 0 Å². The Labute approximate surface area is 116 Å². The number of nitrogens with zero attached hydrogens (tertiary/aromatic N) is 2. The van der Waals surface area contributed by atoms with Gasteiger partial charge in [-0.25, -0.2) is 0 Å². The van der Waals surface area contributed by atoms with Crippen molar-refractivity contribution < 1.29 is 14.3 Å². The summed E-state index contributed by atoms with van der Waals surface area (Å²) in [5.41, 5.74) is 5.45. The fourth-order valence-corrected chi connectivity index (χ4v) is 1.76. The van der Waals surface area contributed by atoms with E-state index in [1.54, 1.807) is 19.1 Å². The molecule has 0 rings (SSSR count). The lowest BCUT2D eigenvalue weighted by atomic mass is 10.2. The molecule has 0 saturated carbocycles. The normalized spacial score (nSPS) is 12.7. The van der Waals surface area contributed by atoms with Gasteiger partial charge in [0.2, 0.25) is 5.91 Å². The molecule has 6 heteroatoms. The Kier molecular flexibility index (Phi) is 10.8. The zero-order chi connectivity index (χ0) is 14.7. The van der Waals surface area contributed by atoms with Crippen LogP contribution in [0, 0.1) is 0 Å². The van der Waals surface area contributed by atoms with Gasteiger partial charge in [0, 0.05) is 40.4 Å². The van der Waals surface area contributed by atoms with Gasteiger partial charge < -0.3 is 20.1 Å². The second kappa shape index (κ2) is 11.2. The van der Waals surface area contributed by atoms with Crippen molar-refractivity contribution in [2.24, 2.45) is 5.73 Å². The molecule has 0 aliphatic heterocycles. The van der Waals surface area contributed by atoms with Crippen LogP contribution < -0.4 is 5.73 Å². The Balaban J connectivity index is 4.31. The van der Waals surface area contributed by atoms with Gasteiger partial charge >= 0.3 is 0 Å². The number of hydrogen-bond acceptors (Lipinski definition) is 5. The Morgan fingerprint density at radius 3 is 2.47 bits per heavy atom. The summed E-state index contributed by atoms with van der Waals surface area (Å²) in [6.45, 7) is 5.66. The fourth-order valence-electron chi connectivity index (χ4n) is 1.76. The summed E-state index contributed by atoms with van der Waals surface area (Å²) in [5.74, 6) is 0.104. The summed E-state index contributed by atoms with van der Waals surface area (Å²) in [6.07, 6.45) is 0.827. The molecule has 0 spiro atoms. The van der Waals surface area contributed by atoms with Gasteiger partial charge in [-0.05, 0) is 19.9 Å². The highest BCUT2D eigenvalue weighted by Crippen LogP contribution is 2.01. The number of ether oxygens (including phenoxy) is 2. The SMILES string of the molecule is COCCN(CC(=O)N(C)CCCN)C(C)COC. The number of carbonyl (C=O) groups excluding carboxylic acids is 1. The van der Waals surface area contributed by atoms with Gasteiger partial charge in [0.15, 0.2) is 0 Å². The van der Waals surface area contributed by atoms with E-state index in [0.29, 0.717) is 32.8 Å². The van der Waals surface area contributed by atoms with E-state index in [1.807, 2.05) is 14.0 Å². The van der Waals surface area contributed by atoms with Gasteiger partial charge in [-0.1, -0.05) is 0 Å². The molecule has 0 radical (unpaired) electrons. The first-order chi connectivity index (χ1) is 9.06. The molecule has 0 bridgehead atoms. The van der Waals surface area contributed by atoms with E-state index in [1.165, 1.54) is 0 Å². The summed E-state index contributed by atoms with van der Waals surface area (Å²) >= 11 is 0. The lowest BCUT2D eigenvalue weighted by Crippen LogP contribution is -2.45. The molecule has 114 valence electrons. The predicted octanol–water partition coefficient (Wildman–Crippen LogP) is -0.223. The van der Waals surface area contributed by atoms with E-state index < -0.39 is 0 Å². The van der Waals surface area contributed by atoms with Crippen molar-refractivity contribution in [2.75, 3.05) is 60.7 Å². The molecule has 0 aromatic rings. The molecular weight excluding hydrogens is 246 g/mol. The van der Waals surface area contributed by atoms with Crippen LogP contribution in [0.15, 0.2) is 0 Å². The third-order valence-electron chi connectivity index (χ3n) is 3.08. The molecule has 0 aliphatic rings. The number of methoxy groups -OCH3 is 2. The topological polar surface area (TPSA) is 68.0 Å². The molecular formula is C13H29N3O3. The molecule has 2 N–H and O–H groups in total. The van der Waals surface area contributed by atoms with Crippen molar-refractivity contribution in [3.05, 3.63) is 0 Å². The number of nitrogens with two attached hydrogens (primary N) is 1. The average molecular weight is 275 g/mol.